The molecule has 0 aromatic heterocycles. The van der Waals surface area contributed by atoms with Gasteiger partial charge < -0.3 is 15.0 Å². The number of piperidine rings is 1. The molecule has 1 N–H and O–H groups in total. The third kappa shape index (κ3) is 4.86. The van der Waals surface area contributed by atoms with Crippen LogP contribution >= 0.6 is 22.6 Å². The van der Waals surface area contributed by atoms with Crippen molar-refractivity contribution < 1.29 is 14.3 Å². The molecule has 0 saturated carbocycles. The maximum absolute atomic E-state index is 12.3. The van der Waals surface area contributed by atoms with Crippen LogP contribution in [0, 0.1) is 9.49 Å². The van der Waals surface area contributed by atoms with Crippen molar-refractivity contribution in [3.8, 4) is 5.75 Å². The van der Waals surface area contributed by atoms with Gasteiger partial charge in [-0.1, -0.05) is 0 Å². The van der Waals surface area contributed by atoms with Gasteiger partial charge in [-0.3, -0.25) is 4.79 Å². The van der Waals surface area contributed by atoms with Crippen LogP contribution < -0.4 is 10.1 Å². The summed E-state index contributed by atoms with van der Waals surface area (Å²) in [6.07, 6.45) is 1.58. The van der Waals surface area contributed by atoms with Crippen molar-refractivity contribution in [2.45, 2.75) is 32.7 Å². The zero-order chi connectivity index (χ0) is 16.1. The lowest BCUT2D eigenvalue weighted by molar-refractivity contribution is -0.140. The molecule has 5 nitrogen and oxygen atoms in total. The van der Waals surface area contributed by atoms with Crippen LogP contribution in [0.15, 0.2) is 24.3 Å². The largest absolute Gasteiger partial charge is 0.426 e. The highest BCUT2D eigenvalue weighted by molar-refractivity contribution is 14.1. The van der Waals surface area contributed by atoms with Crippen molar-refractivity contribution in [2.24, 2.45) is 5.92 Å². The second-order valence-corrected chi connectivity index (χ2v) is 7.01. The highest BCUT2D eigenvalue weighted by Gasteiger charge is 2.29. The molecule has 2 rings (SSSR count). The minimum absolute atomic E-state index is 0.0895. The Morgan fingerprint density at radius 1 is 1.32 bits per heavy atom. The predicted molar refractivity (Wildman–Crippen MR) is 92.8 cm³/mol. The summed E-state index contributed by atoms with van der Waals surface area (Å²) in [7, 11) is 0. The molecule has 1 heterocycles. The molecule has 1 fully saturated rings. The van der Waals surface area contributed by atoms with Gasteiger partial charge in [-0.05, 0) is 73.5 Å². The van der Waals surface area contributed by atoms with Crippen LogP contribution in [-0.4, -0.2) is 36.0 Å². The molecule has 1 atom stereocenters. The van der Waals surface area contributed by atoms with Crippen LogP contribution in [0.25, 0.3) is 0 Å². The van der Waals surface area contributed by atoms with E-state index in [0.29, 0.717) is 18.8 Å². The molecule has 1 unspecified atom stereocenters. The number of amides is 2. The molecule has 1 saturated heterocycles. The minimum atomic E-state index is -0.261. The van der Waals surface area contributed by atoms with Crippen molar-refractivity contribution in [3.63, 3.8) is 0 Å². The lowest BCUT2D eigenvalue weighted by Crippen LogP contribution is -2.49. The van der Waals surface area contributed by atoms with Crippen LogP contribution in [0.2, 0.25) is 0 Å². The molecule has 22 heavy (non-hydrogen) atoms. The Bertz CT molecular complexity index is 531. The lowest BCUT2D eigenvalue weighted by Gasteiger charge is -2.32. The summed E-state index contributed by atoms with van der Waals surface area (Å²) >= 11 is 2.20. The zero-order valence-corrected chi connectivity index (χ0v) is 15.0. The summed E-state index contributed by atoms with van der Waals surface area (Å²) in [4.78, 5) is 26.0. The number of ether oxygens (including phenoxy) is 1. The van der Waals surface area contributed by atoms with Crippen molar-refractivity contribution in [3.05, 3.63) is 27.8 Å². The molecule has 120 valence electrons. The van der Waals surface area contributed by atoms with Gasteiger partial charge >= 0.3 is 12.0 Å². The fraction of sp³-hybridized carbons (Fsp3) is 0.500. The highest BCUT2D eigenvalue weighted by atomic mass is 127. The Morgan fingerprint density at radius 3 is 2.64 bits per heavy atom. The van der Waals surface area contributed by atoms with Gasteiger partial charge in [0.25, 0.3) is 0 Å². The Balaban J connectivity index is 1.92. The van der Waals surface area contributed by atoms with Crippen LogP contribution in [0.3, 0.4) is 0 Å². The van der Waals surface area contributed by atoms with E-state index in [4.69, 9.17) is 4.74 Å². The smallest absolute Gasteiger partial charge is 0.317 e. The van der Waals surface area contributed by atoms with E-state index < -0.39 is 0 Å². The van der Waals surface area contributed by atoms with Crippen molar-refractivity contribution in [1.82, 2.24) is 10.2 Å². The maximum Gasteiger partial charge on any atom is 0.317 e. The molecule has 1 aliphatic rings. The molecule has 0 radical (unpaired) electrons. The standard InChI is InChI=1S/C16H21IN2O3/c1-11(2)18-16(21)19-9-3-4-12(10-19)15(20)22-14-7-5-13(17)6-8-14/h5-8,11-12H,3-4,9-10H2,1-2H3,(H,18,21). The zero-order valence-electron chi connectivity index (χ0n) is 12.8. The Labute approximate surface area is 144 Å². The molecule has 1 aromatic rings. The van der Waals surface area contributed by atoms with Crippen molar-refractivity contribution in [2.75, 3.05) is 13.1 Å². The molecule has 1 aromatic carbocycles. The summed E-state index contributed by atoms with van der Waals surface area (Å²) in [6, 6.07) is 7.34. The van der Waals surface area contributed by atoms with E-state index in [1.165, 1.54) is 0 Å². The van der Waals surface area contributed by atoms with Gasteiger partial charge in [0, 0.05) is 22.7 Å². The van der Waals surface area contributed by atoms with Gasteiger partial charge in [-0.15, -0.1) is 0 Å². The molecule has 0 spiro atoms. The second kappa shape index (κ2) is 7.80. The molecule has 6 heteroatoms. The Kier molecular flexibility index (Phi) is 6.05. The number of hydrogen-bond donors (Lipinski definition) is 1. The van der Waals surface area contributed by atoms with Crippen LogP contribution in [0.5, 0.6) is 5.75 Å². The topological polar surface area (TPSA) is 58.6 Å². The first kappa shape index (κ1) is 17.1. The maximum atomic E-state index is 12.3. The molecule has 2 amide bonds. The fourth-order valence-electron chi connectivity index (χ4n) is 2.39. The van der Waals surface area contributed by atoms with Crippen LogP contribution in [-0.2, 0) is 4.79 Å². The van der Waals surface area contributed by atoms with Gasteiger partial charge in [0.05, 0.1) is 5.92 Å². The van der Waals surface area contributed by atoms with Gasteiger partial charge in [0.15, 0.2) is 0 Å². The van der Waals surface area contributed by atoms with E-state index in [2.05, 4.69) is 27.9 Å². The van der Waals surface area contributed by atoms with E-state index in [9.17, 15) is 9.59 Å². The summed E-state index contributed by atoms with van der Waals surface area (Å²) in [5.74, 6) is 0.0309. The summed E-state index contributed by atoms with van der Waals surface area (Å²) < 4.78 is 6.51. The number of nitrogens with one attached hydrogen (secondary N) is 1. The second-order valence-electron chi connectivity index (χ2n) is 5.76. The molecule has 0 bridgehead atoms. The van der Waals surface area contributed by atoms with Gasteiger partial charge in [0.1, 0.15) is 5.75 Å². The van der Waals surface area contributed by atoms with E-state index >= 15 is 0 Å². The fourth-order valence-corrected chi connectivity index (χ4v) is 2.75. The predicted octanol–water partition coefficient (Wildman–Crippen LogP) is 3.03. The number of hydrogen-bond acceptors (Lipinski definition) is 3. The van der Waals surface area contributed by atoms with Crippen LogP contribution in [0.1, 0.15) is 26.7 Å². The number of urea groups is 1. The molecule has 1 aliphatic heterocycles. The minimum Gasteiger partial charge on any atom is -0.426 e. The van der Waals surface area contributed by atoms with E-state index in [1.54, 1.807) is 17.0 Å². The number of likely N-dealkylation sites (tertiary alicyclic amines) is 1. The quantitative estimate of drug-likeness (QED) is 0.468. The van der Waals surface area contributed by atoms with Crippen molar-refractivity contribution in [1.29, 1.82) is 0 Å². The molecular formula is C16H21IN2O3. The average Bonchev–Trinajstić information content (AvgIpc) is 2.49. The monoisotopic (exact) mass is 416 g/mol. The highest BCUT2D eigenvalue weighted by Crippen LogP contribution is 2.21. The first-order valence-corrected chi connectivity index (χ1v) is 8.56. The lowest BCUT2D eigenvalue weighted by atomic mass is 9.98. The third-order valence-corrected chi connectivity index (χ3v) is 4.21. The SMILES string of the molecule is CC(C)NC(=O)N1CCCC(C(=O)Oc2ccc(I)cc2)C1. The average molecular weight is 416 g/mol. The van der Waals surface area contributed by atoms with Crippen molar-refractivity contribution >= 4 is 34.6 Å². The Morgan fingerprint density at radius 2 is 2.00 bits per heavy atom. The van der Waals surface area contributed by atoms with E-state index in [-0.39, 0.29) is 24.0 Å². The molecular weight excluding hydrogens is 395 g/mol. The number of esters is 1. The first-order valence-electron chi connectivity index (χ1n) is 7.48. The number of carbonyl (C=O) groups is 2. The number of rotatable bonds is 3. The van der Waals surface area contributed by atoms with E-state index in [0.717, 1.165) is 16.4 Å². The normalized spacial score (nSPS) is 18.2. The summed E-state index contributed by atoms with van der Waals surface area (Å²) in [6.45, 7) is 4.95. The summed E-state index contributed by atoms with van der Waals surface area (Å²) in [5.41, 5.74) is 0. The Hall–Kier alpha value is -1.31. The number of benzene rings is 1. The van der Waals surface area contributed by atoms with Crippen LogP contribution in [0.4, 0.5) is 4.79 Å². The van der Waals surface area contributed by atoms with Gasteiger partial charge in [0.2, 0.25) is 0 Å². The third-order valence-electron chi connectivity index (χ3n) is 3.49. The number of carbonyl (C=O) groups excluding carboxylic acids is 2. The van der Waals surface area contributed by atoms with Gasteiger partial charge in [-0.2, -0.15) is 0 Å². The van der Waals surface area contributed by atoms with Gasteiger partial charge in [-0.25, -0.2) is 4.79 Å². The number of nitrogens with zero attached hydrogens (tertiary/aromatic N) is 1. The number of halogens is 1. The van der Waals surface area contributed by atoms with E-state index in [1.807, 2.05) is 26.0 Å². The first-order chi connectivity index (χ1) is 10.5. The summed E-state index contributed by atoms with van der Waals surface area (Å²) in [5, 5.41) is 2.86. The molecule has 0 aliphatic carbocycles.